The van der Waals surface area contributed by atoms with E-state index in [2.05, 4.69) is 21.4 Å². The number of fused-ring (bicyclic) bond motifs is 3. The first-order chi connectivity index (χ1) is 13.2. The van der Waals surface area contributed by atoms with Crippen LogP contribution in [0.1, 0.15) is 24.4 Å². The molecule has 27 heavy (non-hydrogen) atoms. The Hall–Kier alpha value is -2.09. The van der Waals surface area contributed by atoms with Crippen molar-refractivity contribution in [3.63, 3.8) is 0 Å². The number of thiophene rings is 1. The summed E-state index contributed by atoms with van der Waals surface area (Å²) in [6.07, 6.45) is 4.55. The highest BCUT2D eigenvalue weighted by Gasteiger charge is 2.35. The SMILES string of the molecule is OCc1ccc(-c2ccc(-c3cn([C@H]4CN5CCC4CC5)nn3)s2)cc1F. The van der Waals surface area contributed by atoms with Gasteiger partial charge >= 0.3 is 0 Å². The van der Waals surface area contributed by atoms with Crippen molar-refractivity contribution in [3.05, 3.63) is 47.9 Å². The topological polar surface area (TPSA) is 54.2 Å². The minimum Gasteiger partial charge on any atom is -0.392 e. The molecule has 2 bridgehead atoms. The van der Waals surface area contributed by atoms with Gasteiger partial charge in [-0.3, -0.25) is 0 Å². The molecule has 5 nitrogen and oxygen atoms in total. The molecule has 0 unspecified atom stereocenters. The average molecular weight is 384 g/mol. The van der Waals surface area contributed by atoms with Crippen LogP contribution in [0.4, 0.5) is 4.39 Å². The molecular formula is C20H21FN4OS. The van der Waals surface area contributed by atoms with Gasteiger partial charge in [-0.1, -0.05) is 17.3 Å². The lowest BCUT2D eigenvalue weighted by Crippen LogP contribution is -2.48. The molecule has 140 valence electrons. The van der Waals surface area contributed by atoms with Gasteiger partial charge in [0.2, 0.25) is 0 Å². The second kappa shape index (κ2) is 6.82. The highest BCUT2D eigenvalue weighted by atomic mass is 32.1. The summed E-state index contributed by atoms with van der Waals surface area (Å²) in [6.45, 7) is 3.20. The quantitative estimate of drug-likeness (QED) is 0.747. The Balaban J connectivity index is 1.39. The summed E-state index contributed by atoms with van der Waals surface area (Å²) in [7, 11) is 0. The van der Waals surface area contributed by atoms with E-state index in [0.29, 0.717) is 17.5 Å². The van der Waals surface area contributed by atoms with Gasteiger partial charge < -0.3 is 10.0 Å². The van der Waals surface area contributed by atoms with Gasteiger partial charge in [0.05, 0.1) is 23.7 Å². The van der Waals surface area contributed by atoms with Crippen LogP contribution in [-0.2, 0) is 6.61 Å². The van der Waals surface area contributed by atoms with Crippen molar-refractivity contribution in [2.24, 2.45) is 5.92 Å². The molecule has 0 spiro atoms. The molecule has 0 aliphatic carbocycles. The normalized spacial score (nSPS) is 24.4. The molecule has 6 rings (SSSR count). The highest BCUT2D eigenvalue weighted by Crippen LogP contribution is 2.37. The Morgan fingerprint density at radius 2 is 1.96 bits per heavy atom. The number of piperidine rings is 3. The van der Waals surface area contributed by atoms with Crippen molar-refractivity contribution >= 4 is 11.3 Å². The molecule has 0 saturated carbocycles. The van der Waals surface area contributed by atoms with E-state index in [4.69, 9.17) is 5.11 Å². The van der Waals surface area contributed by atoms with Crippen molar-refractivity contribution in [1.29, 1.82) is 0 Å². The molecule has 1 aromatic carbocycles. The Labute approximate surface area is 161 Å². The first kappa shape index (κ1) is 17.0. The summed E-state index contributed by atoms with van der Waals surface area (Å²) in [5.41, 5.74) is 2.00. The van der Waals surface area contributed by atoms with Gasteiger partial charge in [-0.2, -0.15) is 0 Å². The minimum atomic E-state index is -0.377. The van der Waals surface area contributed by atoms with Crippen molar-refractivity contribution in [3.8, 4) is 21.0 Å². The Morgan fingerprint density at radius 3 is 2.67 bits per heavy atom. The second-order valence-corrected chi connectivity index (χ2v) is 8.50. The van der Waals surface area contributed by atoms with Crippen LogP contribution in [0.3, 0.4) is 0 Å². The molecular weight excluding hydrogens is 363 g/mol. The zero-order chi connectivity index (χ0) is 18.4. The van der Waals surface area contributed by atoms with Crippen LogP contribution in [0.5, 0.6) is 0 Å². The molecule has 7 heteroatoms. The van der Waals surface area contributed by atoms with Gasteiger partial charge in [-0.05, 0) is 55.6 Å². The number of benzene rings is 1. The predicted octanol–water partition coefficient (Wildman–Crippen LogP) is 3.57. The maximum Gasteiger partial charge on any atom is 0.129 e. The lowest BCUT2D eigenvalue weighted by atomic mass is 9.84. The smallest absolute Gasteiger partial charge is 0.129 e. The van der Waals surface area contributed by atoms with E-state index in [0.717, 1.165) is 27.6 Å². The summed E-state index contributed by atoms with van der Waals surface area (Å²) >= 11 is 1.58. The number of rotatable bonds is 4. The Bertz CT molecular complexity index is 961. The van der Waals surface area contributed by atoms with Gasteiger partial charge in [0.15, 0.2) is 0 Å². The van der Waals surface area contributed by atoms with Crippen LogP contribution < -0.4 is 0 Å². The highest BCUT2D eigenvalue weighted by molar-refractivity contribution is 7.18. The summed E-state index contributed by atoms with van der Waals surface area (Å²) in [6, 6.07) is 9.38. The fraction of sp³-hybridized carbons (Fsp3) is 0.400. The lowest BCUT2D eigenvalue weighted by Gasteiger charge is -2.44. The summed E-state index contributed by atoms with van der Waals surface area (Å²) in [5.74, 6) is 0.328. The van der Waals surface area contributed by atoms with Crippen molar-refractivity contribution in [2.45, 2.75) is 25.5 Å². The maximum absolute atomic E-state index is 14.0. The van der Waals surface area contributed by atoms with Gasteiger partial charge in [0, 0.05) is 17.0 Å². The monoisotopic (exact) mass is 384 g/mol. The molecule has 1 atom stereocenters. The van der Waals surface area contributed by atoms with Gasteiger partial charge in [-0.15, -0.1) is 16.4 Å². The van der Waals surface area contributed by atoms with Crippen molar-refractivity contribution in [1.82, 2.24) is 19.9 Å². The molecule has 0 amide bonds. The van der Waals surface area contributed by atoms with E-state index < -0.39 is 0 Å². The average Bonchev–Trinajstić information content (AvgIpc) is 3.38. The molecule has 3 aliphatic rings. The maximum atomic E-state index is 14.0. The lowest BCUT2D eigenvalue weighted by molar-refractivity contribution is 0.0504. The third kappa shape index (κ3) is 3.09. The fourth-order valence-electron chi connectivity index (χ4n) is 4.24. The van der Waals surface area contributed by atoms with Crippen LogP contribution in [0.2, 0.25) is 0 Å². The number of nitrogens with zero attached hydrogens (tertiary/aromatic N) is 4. The predicted molar refractivity (Wildman–Crippen MR) is 103 cm³/mol. The molecule has 2 aromatic heterocycles. The van der Waals surface area contributed by atoms with Gasteiger partial charge in [0.1, 0.15) is 11.5 Å². The van der Waals surface area contributed by atoms with E-state index in [-0.39, 0.29) is 12.4 Å². The molecule has 3 fully saturated rings. The van der Waals surface area contributed by atoms with E-state index in [1.807, 2.05) is 22.9 Å². The van der Waals surface area contributed by atoms with Crippen LogP contribution in [0.25, 0.3) is 21.0 Å². The summed E-state index contributed by atoms with van der Waals surface area (Å²) in [5, 5.41) is 17.9. The molecule has 1 N–H and O–H groups in total. The number of aliphatic hydroxyl groups excluding tert-OH is 1. The number of halogens is 1. The zero-order valence-electron chi connectivity index (χ0n) is 14.9. The van der Waals surface area contributed by atoms with Crippen molar-refractivity contribution in [2.75, 3.05) is 19.6 Å². The van der Waals surface area contributed by atoms with Gasteiger partial charge in [0.25, 0.3) is 0 Å². The second-order valence-electron chi connectivity index (χ2n) is 7.42. The minimum absolute atomic E-state index is 0.287. The summed E-state index contributed by atoms with van der Waals surface area (Å²) in [4.78, 5) is 4.52. The van der Waals surface area contributed by atoms with Crippen LogP contribution >= 0.6 is 11.3 Å². The third-order valence-electron chi connectivity index (χ3n) is 5.84. The number of hydrogen-bond donors (Lipinski definition) is 1. The molecule has 0 radical (unpaired) electrons. The molecule has 3 aliphatic heterocycles. The number of aromatic nitrogens is 3. The number of aliphatic hydroxyl groups is 1. The zero-order valence-corrected chi connectivity index (χ0v) is 15.7. The van der Waals surface area contributed by atoms with E-state index in [1.54, 1.807) is 17.4 Å². The van der Waals surface area contributed by atoms with E-state index in [1.165, 1.54) is 32.0 Å². The van der Waals surface area contributed by atoms with Crippen molar-refractivity contribution < 1.29 is 9.50 Å². The van der Waals surface area contributed by atoms with E-state index in [9.17, 15) is 4.39 Å². The summed E-state index contributed by atoms with van der Waals surface area (Å²) < 4.78 is 16.0. The first-order valence-corrected chi connectivity index (χ1v) is 10.2. The van der Waals surface area contributed by atoms with Crippen LogP contribution in [-0.4, -0.2) is 44.6 Å². The molecule has 5 heterocycles. The fourth-order valence-corrected chi connectivity index (χ4v) is 5.20. The third-order valence-corrected chi connectivity index (χ3v) is 6.99. The first-order valence-electron chi connectivity index (χ1n) is 9.35. The molecule has 3 aromatic rings. The molecule has 3 saturated heterocycles. The van der Waals surface area contributed by atoms with E-state index >= 15 is 0 Å². The Morgan fingerprint density at radius 1 is 1.15 bits per heavy atom. The van der Waals surface area contributed by atoms with Gasteiger partial charge in [-0.25, -0.2) is 9.07 Å². The Kier molecular flexibility index (Phi) is 4.30. The van der Waals surface area contributed by atoms with Crippen LogP contribution in [0.15, 0.2) is 36.5 Å². The van der Waals surface area contributed by atoms with Crippen LogP contribution in [0, 0.1) is 11.7 Å². The standard InChI is InChI=1S/C20H21FN4OS/c21-16-9-14(1-2-15(16)12-26)19-3-4-20(27-19)17-10-25(23-22-17)18-11-24-7-5-13(18)6-8-24/h1-4,9-10,13,18,26H,5-8,11-12H2/t18-/m0/s1. The number of hydrogen-bond acceptors (Lipinski definition) is 5. The largest absolute Gasteiger partial charge is 0.392 e.